The molecule has 4 nitrogen and oxygen atoms in total. The van der Waals surface area contributed by atoms with Gasteiger partial charge in [0.1, 0.15) is 0 Å². The highest BCUT2D eigenvalue weighted by Crippen LogP contribution is 2.29. The number of carbonyl (C=O) groups is 1. The minimum absolute atomic E-state index is 0.0242. The highest BCUT2D eigenvalue weighted by Gasteiger charge is 2.30. The Bertz CT molecular complexity index is 1020. The van der Waals surface area contributed by atoms with Crippen LogP contribution >= 0.6 is 0 Å². The lowest BCUT2D eigenvalue weighted by Crippen LogP contribution is -2.36. The molecule has 0 aliphatic heterocycles. The maximum atomic E-state index is 12.7. The number of hydrogen-bond acceptors (Lipinski definition) is 3. The largest absolute Gasteiger partial charge is 0.416 e. The van der Waals surface area contributed by atoms with Gasteiger partial charge in [0.15, 0.2) is 0 Å². The Morgan fingerprint density at radius 3 is 2.48 bits per heavy atom. The van der Waals surface area contributed by atoms with Gasteiger partial charge in [-0.05, 0) is 35.9 Å². The van der Waals surface area contributed by atoms with E-state index in [-0.39, 0.29) is 30.6 Å². The number of carbonyl (C=O) groups excluding carboxylic acids is 1. The third-order valence-corrected chi connectivity index (χ3v) is 4.38. The fourth-order valence-electron chi connectivity index (χ4n) is 2.90. The Morgan fingerprint density at radius 1 is 1.00 bits per heavy atom. The molecule has 0 bridgehead atoms. The SMILES string of the molecule is O=C(CNC(c1ccccc1)c1ccccn1)NCC#Cc1cccc(C(F)(F)F)c1. The van der Waals surface area contributed by atoms with Crippen molar-refractivity contribution in [3.05, 3.63) is 101 Å². The second kappa shape index (κ2) is 10.4. The van der Waals surface area contributed by atoms with E-state index in [1.54, 1.807) is 6.20 Å². The molecule has 7 heteroatoms. The van der Waals surface area contributed by atoms with Crippen LogP contribution in [0.4, 0.5) is 13.2 Å². The van der Waals surface area contributed by atoms with Gasteiger partial charge in [0, 0.05) is 11.8 Å². The Balaban J connectivity index is 1.56. The van der Waals surface area contributed by atoms with Crippen molar-refractivity contribution in [2.75, 3.05) is 13.1 Å². The molecule has 1 aromatic heterocycles. The summed E-state index contributed by atoms with van der Waals surface area (Å²) >= 11 is 0. The van der Waals surface area contributed by atoms with Crippen LogP contribution in [0.2, 0.25) is 0 Å². The second-order valence-corrected chi connectivity index (χ2v) is 6.64. The molecule has 0 fully saturated rings. The third kappa shape index (κ3) is 6.69. The topological polar surface area (TPSA) is 54.0 Å². The number of nitrogens with zero attached hydrogens (tertiary/aromatic N) is 1. The van der Waals surface area contributed by atoms with Gasteiger partial charge in [-0.1, -0.05) is 54.3 Å². The molecule has 0 aliphatic carbocycles. The van der Waals surface area contributed by atoms with Crippen LogP contribution in [-0.4, -0.2) is 24.0 Å². The summed E-state index contributed by atoms with van der Waals surface area (Å²) in [4.78, 5) is 16.6. The van der Waals surface area contributed by atoms with Crippen LogP contribution < -0.4 is 10.6 Å². The van der Waals surface area contributed by atoms with Crippen molar-refractivity contribution in [3.8, 4) is 11.8 Å². The molecule has 3 aromatic rings. The van der Waals surface area contributed by atoms with Gasteiger partial charge in [0.25, 0.3) is 0 Å². The first-order valence-electron chi connectivity index (χ1n) is 9.55. The van der Waals surface area contributed by atoms with Crippen LogP contribution in [0.1, 0.15) is 28.4 Å². The second-order valence-electron chi connectivity index (χ2n) is 6.64. The van der Waals surface area contributed by atoms with Crippen molar-refractivity contribution >= 4 is 5.91 Å². The number of benzene rings is 2. The first-order valence-corrected chi connectivity index (χ1v) is 9.55. The summed E-state index contributed by atoms with van der Waals surface area (Å²) in [5.41, 5.74) is 1.24. The zero-order chi connectivity index (χ0) is 22.1. The zero-order valence-electron chi connectivity index (χ0n) is 16.5. The van der Waals surface area contributed by atoms with Crippen LogP contribution in [0.25, 0.3) is 0 Å². The number of nitrogens with one attached hydrogen (secondary N) is 2. The average molecular weight is 423 g/mol. The molecule has 2 N–H and O–H groups in total. The van der Waals surface area contributed by atoms with E-state index in [1.165, 1.54) is 12.1 Å². The summed E-state index contributed by atoms with van der Waals surface area (Å²) in [6.07, 6.45) is -2.73. The van der Waals surface area contributed by atoms with Crippen molar-refractivity contribution in [1.29, 1.82) is 0 Å². The van der Waals surface area contributed by atoms with Crippen molar-refractivity contribution in [2.24, 2.45) is 0 Å². The Kier molecular flexibility index (Phi) is 7.41. The third-order valence-electron chi connectivity index (χ3n) is 4.38. The van der Waals surface area contributed by atoms with Gasteiger partial charge in [-0.3, -0.25) is 15.1 Å². The summed E-state index contributed by atoms with van der Waals surface area (Å²) in [5.74, 6) is 5.02. The van der Waals surface area contributed by atoms with Gasteiger partial charge < -0.3 is 5.32 Å². The summed E-state index contributed by atoms with van der Waals surface area (Å²) in [7, 11) is 0. The van der Waals surface area contributed by atoms with E-state index in [0.29, 0.717) is 0 Å². The minimum Gasteiger partial charge on any atom is -0.344 e. The van der Waals surface area contributed by atoms with E-state index >= 15 is 0 Å². The monoisotopic (exact) mass is 423 g/mol. The van der Waals surface area contributed by atoms with E-state index < -0.39 is 11.7 Å². The standard InChI is InChI=1S/C24H20F3N3O/c25-24(26,27)20-12-6-8-18(16-20)9-7-15-29-22(31)17-30-23(19-10-2-1-3-11-19)21-13-4-5-14-28-21/h1-6,8,10-14,16,23,30H,15,17H2,(H,29,31). The average Bonchev–Trinajstić information content (AvgIpc) is 2.78. The first kappa shape index (κ1) is 22.1. The summed E-state index contributed by atoms with van der Waals surface area (Å²) in [5, 5.41) is 5.83. The molecule has 158 valence electrons. The first-order chi connectivity index (χ1) is 14.9. The number of aromatic nitrogens is 1. The summed E-state index contributed by atoms with van der Waals surface area (Å²) < 4.78 is 38.2. The predicted molar refractivity (Wildman–Crippen MR) is 112 cm³/mol. The molecule has 0 saturated heterocycles. The van der Waals surface area contributed by atoms with Crippen LogP contribution in [0.3, 0.4) is 0 Å². The predicted octanol–water partition coefficient (Wildman–Crippen LogP) is 3.95. The van der Waals surface area contributed by atoms with Crippen molar-refractivity contribution in [3.63, 3.8) is 0 Å². The number of alkyl halides is 3. The van der Waals surface area contributed by atoms with Crippen LogP contribution in [0, 0.1) is 11.8 Å². The number of amides is 1. The van der Waals surface area contributed by atoms with Crippen LogP contribution in [0.15, 0.2) is 79.0 Å². The molecular formula is C24H20F3N3O. The normalized spacial score (nSPS) is 11.8. The lowest BCUT2D eigenvalue weighted by molar-refractivity contribution is -0.137. The number of halogens is 3. The van der Waals surface area contributed by atoms with Gasteiger partial charge in [0.2, 0.25) is 5.91 Å². The van der Waals surface area contributed by atoms with Crippen LogP contribution in [0.5, 0.6) is 0 Å². The van der Waals surface area contributed by atoms with Gasteiger partial charge in [-0.2, -0.15) is 13.2 Å². The molecular weight excluding hydrogens is 403 g/mol. The van der Waals surface area contributed by atoms with E-state index in [4.69, 9.17) is 0 Å². The summed E-state index contributed by atoms with van der Waals surface area (Å²) in [6, 6.07) is 19.7. The maximum absolute atomic E-state index is 12.7. The fraction of sp³-hybridized carbons (Fsp3) is 0.167. The summed E-state index contributed by atoms with van der Waals surface area (Å²) in [6.45, 7) is 0.0533. The molecule has 0 aliphatic rings. The molecule has 1 amide bonds. The molecule has 1 heterocycles. The van der Waals surface area contributed by atoms with E-state index in [9.17, 15) is 18.0 Å². The molecule has 0 saturated carbocycles. The number of hydrogen-bond donors (Lipinski definition) is 2. The van der Waals surface area contributed by atoms with Gasteiger partial charge in [-0.25, -0.2) is 0 Å². The van der Waals surface area contributed by atoms with E-state index in [1.807, 2.05) is 48.5 Å². The van der Waals surface area contributed by atoms with Gasteiger partial charge in [-0.15, -0.1) is 0 Å². The Hall–Kier alpha value is -3.63. The molecule has 3 rings (SSSR count). The zero-order valence-corrected chi connectivity index (χ0v) is 16.5. The van der Waals surface area contributed by atoms with Crippen LogP contribution in [-0.2, 0) is 11.0 Å². The lowest BCUT2D eigenvalue weighted by Gasteiger charge is -2.18. The highest BCUT2D eigenvalue weighted by molar-refractivity contribution is 5.78. The maximum Gasteiger partial charge on any atom is 0.416 e. The molecule has 2 aromatic carbocycles. The Morgan fingerprint density at radius 2 is 1.77 bits per heavy atom. The minimum atomic E-state index is -4.42. The van der Waals surface area contributed by atoms with E-state index in [2.05, 4.69) is 27.5 Å². The van der Waals surface area contributed by atoms with E-state index in [0.717, 1.165) is 23.4 Å². The Labute approximate surface area is 178 Å². The molecule has 1 unspecified atom stereocenters. The van der Waals surface area contributed by atoms with Crippen molar-refractivity contribution < 1.29 is 18.0 Å². The lowest BCUT2D eigenvalue weighted by atomic mass is 10.0. The smallest absolute Gasteiger partial charge is 0.344 e. The number of pyridine rings is 1. The fourth-order valence-corrected chi connectivity index (χ4v) is 2.90. The molecule has 31 heavy (non-hydrogen) atoms. The number of rotatable bonds is 6. The molecule has 0 spiro atoms. The highest BCUT2D eigenvalue weighted by atomic mass is 19.4. The van der Waals surface area contributed by atoms with Gasteiger partial charge in [0.05, 0.1) is 30.4 Å². The quantitative estimate of drug-likeness (QED) is 0.591. The molecule has 1 atom stereocenters. The van der Waals surface area contributed by atoms with Gasteiger partial charge >= 0.3 is 6.18 Å². The van der Waals surface area contributed by atoms with Crippen molar-refractivity contribution in [2.45, 2.75) is 12.2 Å². The van der Waals surface area contributed by atoms with Crippen molar-refractivity contribution in [1.82, 2.24) is 15.6 Å². The molecule has 0 radical (unpaired) electrons.